The number of nitrogens with zero attached hydrogens (tertiary/aromatic N) is 1. The number of ether oxygens (including phenoxy) is 1. The van der Waals surface area contributed by atoms with Gasteiger partial charge in [-0.15, -0.1) is 0 Å². The molecule has 2 heterocycles. The van der Waals surface area contributed by atoms with Crippen molar-refractivity contribution in [1.82, 2.24) is 5.32 Å². The van der Waals surface area contributed by atoms with Gasteiger partial charge in [-0.3, -0.25) is 4.79 Å². The van der Waals surface area contributed by atoms with Crippen LogP contribution in [0.3, 0.4) is 0 Å². The average molecular weight is 450 g/mol. The summed E-state index contributed by atoms with van der Waals surface area (Å²) in [5.41, 5.74) is 3.48. The topological polar surface area (TPSA) is 53.6 Å². The minimum atomic E-state index is 0.104. The molecule has 0 unspecified atom stereocenters. The van der Waals surface area contributed by atoms with E-state index in [4.69, 9.17) is 4.74 Å². The fourth-order valence-electron chi connectivity index (χ4n) is 4.86. The highest BCUT2D eigenvalue weighted by Gasteiger charge is 2.21. The van der Waals surface area contributed by atoms with Crippen LogP contribution in [0.25, 0.3) is 0 Å². The van der Waals surface area contributed by atoms with Crippen molar-refractivity contribution < 1.29 is 9.53 Å². The van der Waals surface area contributed by atoms with E-state index in [1.54, 1.807) is 0 Å². The zero-order valence-corrected chi connectivity index (χ0v) is 19.8. The normalized spacial score (nSPS) is 17.8. The van der Waals surface area contributed by atoms with Crippen molar-refractivity contribution in [2.75, 3.05) is 43.1 Å². The van der Waals surface area contributed by atoms with E-state index < -0.39 is 0 Å². The second-order valence-corrected chi connectivity index (χ2v) is 9.51. The molecule has 0 atom stereocenters. The van der Waals surface area contributed by atoms with Crippen LogP contribution in [0.5, 0.6) is 0 Å². The van der Waals surface area contributed by atoms with E-state index >= 15 is 0 Å². The molecular formula is C28H39N3O2. The lowest BCUT2D eigenvalue weighted by Crippen LogP contribution is -2.44. The number of piperidine rings is 1. The number of hydrogen-bond acceptors (Lipinski definition) is 4. The molecule has 2 N–H and O–H groups in total. The molecule has 178 valence electrons. The van der Waals surface area contributed by atoms with Gasteiger partial charge in [0.05, 0.1) is 0 Å². The van der Waals surface area contributed by atoms with Crippen molar-refractivity contribution in [3.8, 4) is 0 Å². The number of hydrogen-bond donors (Lipinski definition) is 2. The summed E-state index contributed by atoms with van der Waals surface area (Å²) < 4.78 is 5.46. The lowest BCUT2D eigenvalue weighted by molar-refractivity contribution is -0.116. The van der Waals surface area contributed by atoms with Crippen LogP contribution in [0.1, 0.15) is 50.5 Å². The van der Waals surface area contributed by atoms with E-state index in [-0.39, 0.29) is 5.91 Å². The van der Waals surface area contributed by atoms with E-state index in [2.05, 4.69) is 51.9 Å². The first-order chi connectivity index (χ1) is 16.3. The quantitative estimate of drug-likeness (QED) is 0.500. The predicted octanol–water partition coefficient (Wildman–Crippen LogP) is 5.02. The highest BCUT2D eigenvalue weighted by atomic mass is 16.5. The van der Waals surface area contributed by atoms with Crippen molar-refractivity contribution in [3.05, 3.63) is 60.2 Å². The summed E-state index contributed by atoms with van der Waals surface area (Å²) in [5.74, 6) is 0.885. The van der Waals surface area contributed by atoms with Crippen LogP contribution in [0.4, 0.5) is 11.4 Å². The van der Waals surface area contributed by atoms with Crippen molar-refractivity contribution in [1.29, 1.82) is 0 Å². The molecule has 33 heavy (non-hydrogen) atoms. The van der Waals surface area contributed by atoms with Crippen LogP contribution in [0.15, 0.2) is 54.6 Å². The van der Waals surface area contributed by atoms with Gasteiger partial charge < -0.3 is 20.3 Å². The number of carbonyl (C=O) groups is 1. The highest BCUT2D eigenvalue weighted by molar-refractivity contribution is 5.90. The zero-order chi connectivity index (χ0) is 22.7. The fourth-order valence-corrected chi connectivity index (χ4v) is 4.86. The summed E-state index contributed by atoms with van der Waals surface area (Å²) in [6, 6.07) is 19.4. The largest absolute Gasteiger partial charge is 0.381 e. The van der Waals surface area contributed by atoms with Crippen LogP contribution in [-0.4, -0.2) is 44.8 Å². The van der Waals surface area contributed by atoms with E-state index in [1.807, 2.05) is 18.2 Å². The van der Waals surface area contributed by atoms with E-state index in [0.29, 0.717) is 12.5 Å². The number of carbonyl (C=O) groups excluding carboxylic acids is 1. The zero-order valence-electron chi connectivity index (χ0n) is 19.8. The molecule has 5 nitrogen and oxygen atoms in total. The number of aryl methyl sites for hydroxylation is 1. The van der Waals surface area contributed by atoms with Crippen molar-refractivity contribution in [3.63, 3.8) is 0 Å². The molecule has 0 saturated carbocycles. The van der Waals surface area contributed by atoms with Gasteiger partial charge in [-0.05, 0) is 87.2 Å². The maximum absolute atomic E-state index is 12.3. The molecule has 2 aromatic carbocycles. The molecule has 0 radical (unpaired) electrons. The van der Waals surface area contributed by atoms with Gasteiger partial charge in [-0.2, -0.15) is 0 Å². The Morgan fingerprint density at radius 3 is 2.36 bits per heavy atom. The molecular weight excluding hydrogens is 410 g/mol. The lowest BCUT2D eigenvalue weighted by atomic mass is 9.98. The molecule has 0 spiro atoms. The standard InChI is InChI=1S/C28H39N3O2/c32-28(9-5-4-8-23-6-2-1-3-7-23)30-26-10-12-27(13-11-26)31-18-14-25(15-19-31)29-22-24-16-20-33-21-17-24/h1-3,6-7,10-13,24-25,29H,4-5,8-9,14-22H2,(H,30,32). The summed E-state index contributed by atoms with van der Waals surface area (Å²) >= 11 is 0. The SMILES string of the molecule is O=C(CCCCc1ccccc1)Nc1ccc(N2CCC(NCC3CCOCC3)CC2)cc1. The number of amides is 1. The smallest absolute Gasteiger partial charge is 0.224 e. The van der Waals surface area contributed by atoms with Gasteiger partial charge >= 0.3 is 0 Å². The molecule has 5 heteroatoms. The van der Waals surface area contributed by atoms with E-state index in [0.717, 1.165) is 63.7 Å². The maximum atomic E-state index is 12.3. The Morgan fingerprint density at radius 2 is 1.64 bits per heavy atom. The first-order valence-corrected chi connectivity index (χ1v) is 12.8. The maximum Gasteiger partial charge on any atom is 0.224 e. The molecule has 2 saturated heterocycles. The minimum absolute atomic E-state index is 0.104. The number of unbranched alkanes of at least 4 members (excludes halogenated alkanes) is 1. The summed E-state index contributed by atoms with van der Waals surface area (Å²) in [5, 5.41) is 6.84. The number of anilines is 2. The monoisotopic (exact) mass is 449 g/mol. The van der Waals surface area contributed by atoms with Gasteiger partial charge in [0, 0.05) is 50.1 Å². The second-order valence-electron chi connectivity index (χ2n) is 9.51. The summed E-state index contributed by atoms with van der Waals surface area (Å²) in [7, 11) is 0. The molecule has 0 aromatic heterocycles. The van der Waals surface area contributed by atoms with Crippen molar-refractivity contribution in [2.24, 2.45) is 5.92 Å². The summed E-state index contributed by atoms with van der Waals surface area (Å²) in [6.45, 7) is 5.15. The number of rotatable bonds is 10. The molecule has 4 rings (SSSR count). The minimum Gasteiger partial charge on any atom is -0.381 e. The molecule has 2 aliphatic rings. The molecule has 1 amide bonds. The third-order valence-corrected chi connectivity index (χ3v) is 7.01. The molecule has 0 aliphatic carbocycles. The lowest BCUT2D eigenvalue weighted by Gasteiger charge is -2.35. The Hall–Kier alpha value is -2.37. The Bertz CT molecular complexity index is 826. The van der Waals surface area contributed by atoms with Gasteiger partial charge in [0.15, 0.2) is 0 Å². The first-order valence-electron chi connectivity index (χ1n) is 12.8. The van der Waals surface area contributed by atoms with Crippen LogP contribution in [0.2, 0.25) is 0 Å². The van der Waals surface area contributed by atoms with Crippen molar-refractivity contribution in [2.45, 2.75) is 57.4 Å². The fraction of sp³-hybridized carbons (Fsp3) is 0.536. The summed E-state index contributed by atoms with van der Waals surface area (Å²) in [6.07, 6.45) is 8.32. The highest BCUT2D eigenvalue weighted by Crippen LogP contribution is 2.23. The van der Waals surface area contributed by atoms with Gasteiger partial charge in [0.25, 0.3) is 0 Å². The van der Waals surface area contributed by atoms with Gasteiger partial charge in [0.2, 0.25) is 5.91 Å². The van der Waals surface area contributed by atoms with Gasteiger partial charge in [0.1, 0.15) is 0 Å². The Labute approximate surface area is 198 Å². The van der Waals surface area contributed by atoms with E-state index in [1.165, 1.54) is 36.9 Å². The second kappa shape index (κ2) is 12.8. The first kappa shape index (κ1) is 23.8. The van der Waals surface area contributed by atoms with Gasteiger partial charge in [-0.1, -0.05) is 30.3 Å². The number of nitrogens with one attached hydrogen (secondary N) is 2. The average Bonchev–Trinajstić information content (AvgIpc) is 2.87. The molecule has 0 bridgehead atoms. The Kier molecular flexibility index (Phi) is 9.19. The van der Waals surface area contributed by atoms with Crippen LogP contribution >= 0.6 is 0 Å². The Morgan fingerprint density at radius 1 is 0.909 bits per heavy atom. The molecule has 2 fully saturated rings. The molecule has 2 aliphatic heterocycles. The predicted molar refractivity (Wildman–Crippen MR) is 136 cm³/mol. The number of benzene rings is 2. The Balaban J connectivity index is 1.12. The third kappa shape index (κ3) is 7.86. The van der Waals surface area contributed by atoms with Crippen LogP contribution < -0.4 is 15.5 Å². The van der Waals surface area contributed by atoms with Crippen molar-refractivity contribution >= 4 is 17.3 Å². The summed E-state index contributed by atoms with van der Waals surface area (Å²) in [4.78, 5) is 14.7. The third-order valence-electron chi connectivity index (χ3n) is 7.01. The van der Waals surface area contributed by atoms with Crippen LogP contribution in [-0.2, 0) is 16.0 Å². The van der Waals surface area contributed by atoms with E-state index in [9.17, 15) is 4.79 Å². The van der Waals surface area contributed by atoms with Gasteiger partial charge in [-0.25, -0.2) is 0 Å². The van der Waals surface area contributed by atoms with Crippen LogP contribution in [0, 0.1) is 5.92 Å². The molecule has 2 aromatic rings.